The molecule has 2 atom stereocenters. The third kappa shape index (κ3) is 4.01. The number of aromatic nitrogens is 2. The summed E-state index contributed by atoms with van der Waals surface area (Å²) in [6.07, 6.45) is -1.81. The molecule has 2 aromatic heterocycles. The molecule has 0 spiro atoms. The van der Waals surface area contributed by atoms with E-state index in [1.165, 1.54) is 6.07 Å². The van der Waals surface area contributed by atoms with Gasteiger partial charge in [-0.25, -0.2) is 0 Å². The van der Waals surface area contributed by atoms with E-state index in [0.717, 1.165) is 17.6 Å². The van der Waals surface area contributed by atoms with Gasteiger partial charge in [-0.1, -0.05) is 0 Å². The zero-order valence-corrected chi connectivity index (χ0v) is 15.5. The van der Waals surface area contributed by atoms with E-state index in [2.05, 4.69) is 15.3 Å². The maximum absolute atomic E-state index is 12.8. The van der Waals surface area contributed by atoms with Crippen LogP contribution in [0.3, 0.4) is 0 Å². The molecule has 1 aromatic carbocycles. The highest BCUT2D eigenvalue weighted by molar-refractivity contribution is 5.89. The van der Waals surface area contributed by atoms with E-state index < -0.39 is 11.7 Å². The second-order valence-electron chi connectivity index (χ2n) is 7.07. The lowest BCUT2D eigenvalue weighted by atomic mass is 10.0. The number of hydrogen-bond donors (Lipinski definition) is 1. The minimum absolute atomic E-state index is 0.000296. The standard InChI is InChI=1S/C21H18F3N3O2/c1-12(14-9-20(28)27-10-14)29-19-8-13(7-18-16(19)3-2-6-25-18)17-5-4-15(11-26-17)21(22,23)24/h2-8,11-12,14H,9-10H2,1H3,(H,27,28)/t12-,14?/m1/s1. The van der Waals surface area contributed by atoms with E-state index >= 15 is 0 Å². The van der Waals surface area contributed by atoms with Gasteiger partial charge in [-0.15, -0.1) is 0 Å². The predicted octanol–water partition coefficient (Wildman–Crippen LogP) is 4.22. The van der Waals surface area contributed by atoms with Crippen molar-refractivity contribution in [2.45, 2.75) is 25.6 Å². The smallest absolute Gasteiger partial charge is 0.417 e. The molecular formula is C21H18F3N3O2. The van der Waals surface area contributed by atoms with Crippen LogP contribution in [0.15, 0.2) is 48.8 Å². The summed E-state index contributed by atoms with van der Waals surface area (Å²) in [5.41, 5.74) is 0.840. The lowest BCUT2D eigenvalue weighted by molar-refractivity contribution is -0.137. The van der Waals surface area contributed by atoms with Crippen LogP contribution in [0.5, 0.6) is 5.75 Å². The van der Waals surface area contributed by atoms with Crippen LogP contribution in [0.4, 0.5) is 13.2 Å². The van der Waals surface area contributed by atoms with Crippen LogP contribution in [0.25, 0.3) is 22.2 Å². The van der Waals surface area contributed by atoms with Gasteiger partial charge in [-0.3, -0.25) is 14.8 Å². The lowest BCUT2D eigenvalue weighted by Crippen LogP contribution is -2.25. The number of halogens is 3. The van der Waals surface area contributed by atoms with Gasteiger partial charge in [0.1, 0.15) is 11.9 Å². The number of nitrogens with one attached hydrogen (secondary N) is 1. The summed E-state index contributed by atoms with van der Waals surface area (Å²) in [6.45, 7) is 2.45. The van der Waals surface area contributed by atoms with Crippen LogP contribution in [0.1, 0.15) is 18.9 Å². The minimum Gasteiger partial charge on any atom is -0.490 e. The number of amides is 1. The van der Waals surface area contributed by atoms with E-state index in [4.69, 9.17) is 4.74 Å². The molecule has 1 unspecified atom stereocenters. The lowest BCUT2D eigenvalue weighted by Gasteiger charge is -2.21. The van der Waals surface area contributed by atoms with E-state index in [1.54, 1.807) is 24.4 Å². The third-order valence-corrected chi connectivity index (χ3v) is 5.06. The van der Waals surface area contributed by atoms with E-state index in [1.807, 2.05) is 13.0 Å². The molecular weight excluding hydrogens is 383 g/mol. The fourth-order valence-electron chi connectivity index (χ4n) is 3.38. The number of pyridine rings is 2. The zero-order chi connectivity index (χ0) is 20.6. The molecule has 5 nitrogen and oxygen atoms in total. The van der Waals surface area contributed by atoms with Gasteiger partial charge >= 0.3 is 6.18 Å². The number of ether oxygens (including phenoxy) is 1. The Bertz CT molecular complexity index is 1050. The van der Waals surface area contributed by atoms with Crippen molar-refractivity contribution >= 4 is 16.8 Å². The molecule has 29 heavy (non-hydrogen) atoms. The van der Waals surface area contributed by atoms with Gasteiger partial charge in [0.05, 0.1) is 16.8 Å². The van der Waals surface area contributed by atoms with E-state index in [-0.39, 0.29) is 17.9 Å². The van der Waals surface area contributed by atoms with Crippen molar-refractivity contribution in [1.82, 2.24) is 15.3 Å². The first-order valence-electron chi connectivity index (χ1n) is 9.17. The molecule has 1 amide bonds. The molecule has 0 bridgehead atoms. The van der Waals surface area contributed by atoms with Crippen molar-refractivity contribution in [3.8, 4) is 17.0 Å². The van der Waals surface area contributed by atoms with Crippen LogP contribution in [0, 0.1) is 5.92 Å². The number of rotatable bonds is 4. The largest absolute Gasteiger partial charge is 0.490 e. The molecule has 1 saturated heterocycles. The first kappa shape index (κ1) is 19.2. The summed E-state index contributed by atoms with van der Waals surface area (Å²) in [5.74, 6) is 0.598. The van der Waals surface area contributed by atoms with Crippen LogP contribution in [-0.4, -0.2) is 28.5 Å². The Morgan fingerprint density at radius 1 is 1.21 bits per heavy atom. The summed E-state index contributed by atoms with van der Waals surface area (Å²) in [5, 5.41) is 3.58. The quantitative estimate of drug-likeness (QED) is 0.711. The Morgan fingerprint density at radius 3 is 2.69 bits per heavy atom. The summed E-state index contributed by atoms with van der Waals surface area (Å²) in [7, 11) is 0. The fourth-order valence-corrected chi connectivity index (χ4v) is 3.38. The summed E-state index contributed by atoms with van der Waals surface area (Å²) < 4.78 is 44.6. The van der Waals surface area contributed by atoms with Gasteiger partial charge in [0.15, 0.2) is 0 Å². The second kappa shape index (κ2) is 7.35. The summed E-state index contributed by atoms with van der Waals surface area (Å²) >= 11 is 0. The number of alkyl halides is 3. The predicted molar refractivity (Wildman–Crippen MR) is 101 cm³/mol. The minimum atomic E-state index is -4.44. The summed E-state index contributed by atoms with van der Waals surface area (Å²) in [6, 6.07) is 9.51. The molecule has 8 heteroatoms. The summed E-state index contributed by atoms with van der Waals surface area (Å²) in [4.78, 5) is 19.8. The van der Waals surface area contributed by atoms with Crippen LogP contribution in [-0.2, 0) is 11.0 Å². The first-order valence-corrected chi connectivity index (χ1v) is 9.17. The van der Waals surface area contributed by atoms with Crippen LogP contribution in [0.2, 0.25) is 0 Å². The molecule has 0 aliphatic carbocycles. The maximum Gasteiger partial charge on any atom is 0.417 e. The first-order chi connectivity index (χ1) is 13.8. The average molecular weight is 401 g/mol. The monoisotopic (exact) mass is 401 g/mol. The van der Waals surface area contributed by atoms with Crippen molar-refractivity contribution in [2.75, 3.05) is 6.54 Å². The van der Waals surface area contributed by atoms with Crippen LogP contribution >= 0.6 is 0 Å². The number of fused-ring (bicyclic) bond motifs is 1. The third-order valence-electron chi connectivity index (χ3n) is 5.06. The molecule has 150 valence electrons. The number of benzene rings is 1. The molecule has 3 aromatic rings. The Balaban J connectivity index is 1.70. The van der Waals surface area contributed by atoms with Gasteiger partial charge in [0.25, 0.3) is 0 Å². The Kier molecular flexibility index (Phi) is 4.86. The Morgan fingerprint density at radius 2 is 2.03 bits per heavy atom. The fraction of sp³-hybridized carbons (Fsp3) is 0.286. The number of carbonyl (C=O) groups excluding carboxylic acids is 1. The SMILES string of the molecule is C[C@@H](Oc1cc(-c2ccc(C(F)(F)F)cn2)cc2ncccc12)C1CNC(=O)C1. The molecule has 0 radical (unpaired) electrons. The van der Waals surface area contributed by atoms with Crippen LogP contribution < -0.4 is 10.1 Å². The van der Waals surface area contributed by atoms with Crippen molar-refractivity contribution in [1.29, 1.82) is 0 Å². The molecule has 1 fully saturated rings. The number of carbonyl (C=O) groups is 1. The van der Waals surface area contributed by atoms with Gasteiger partial charge < -0.3 is 10.1 Å². The Hall–Kier alpha value is -3.16. The molecule has 0 saturated carbocycles. The number of nitrogens with zero attached hydrogens (tertiary/aromatic N) is 2. The molecule has 1 aliphatic heterocycles. The van der Waals surface area contributed by atoms with Crippen molar-refractivity contribution in [3.05, 3.63) is 54.4 Å². The highest BCUT2D eigenvalue weighted by Gasteiger charge is 2.31. The topological polar surface area (TPSA) is 64.1 Å². The molecule has 1 N–H and O–H groups in total. The highest BCUT2D eigenvalue weighted by Crippen LogP contribution is 2.34. The molecule has 3 heterocycles. The van der Waals surface area contributed by atoms with Crippen molar-refractivity contribution in [2.24, 2.45) is 5.92 Å². The second-order valence-corrected chi connectivity index (χ2v) is 7.07. The van der Waals surface area contributed by atoms with Crippen molar-refractivity contribution < 1.29 is 22.7 Å². The number of hydrogen-bond acceptors (Lipinski definition) is 4. The zero-order valence-electron chi connectivity index (χ0n) is 15.5. The van der Waals surface area contributed by atoms with Gasteiger partial charge in [-0.05, 0) is 43.3 Å². The van der Waals surface area contributed by atoms with Crippen molar-refractivity contribution in [3.63, 3.8) is 0 Å². The molecule has 4 rings (SSSR count). The maximum atomic E-state index is 12.8. The van der Waals surface area contributed by atoms with Gasteiger partial charge in [0, 0.05) is 42.2 Å². The molecule has 1 aliphatic rings. The van der Waals surface area contributed by atoms with Gasteiger partial charge in [-0.2, -0.15) is 13.2 Å². The van der Waals surface area contributed by atoms with E-state index in [9.17, 15) is 18.0 Å². The van der Waals surface area contributed by atoms with Gasteiger partial charge in [0.2, 0.25) is 5.91 Å². The highest BCUT2D eigenvalue weighted by atomic mass is 19.4. The normalized spacial score (nSPS) is 17.9. The average Bonchev–Trinajstić information content (AvgIpc) is 3.14. The Labute approximate surface area is 164 Å². The van der Waals surface area contributed by atoms with E-state index in [0.29, 0.717) is 35.5 Å².